The molecule has 2 aliphatic heterocycles. The Morgan fingerprint density at radius 2 is 2.03 bits per heavy atom. The Kier molecular flexibility index (Phi) is 7.31. The molecule has 1 saturated heterocycles. The van der Waals surface area contributed by atoms with Gasteiger partial charge in [0, 0.05) is 31.0 Å². The molecule has 3 heterocycles. The highest BCUT2D eigenvalue weighted by Crippen LogP contribution is 2.39. The van der Waals surface area contributed by atoms with Crippen LogP contribution in [0, 0.1) is 12.8 Å². The number of ether oxygens (including phenoxy) is 1. The van der Waals surface area contributed by atoms with Crippen molar-refractivity contribution in [1.82, 2.24) is 9.80 Å². The van der Waals surface area contributed by atoms with Gasteiger partial charge in [-0.05, 0) is 60.2 Å². The second kappa shape index (κ2) is 10.2. The smallest absolute Gasteiger partial charge is 0.242 e. The van der Waals surface area contributed by atoms with E-state index in [-0.39, 0.29) is 36.4 Å². The molecule has 2 aliphatic rings. The van der Waals surface area contributed by atoms with Crippen LogP contribution < -0.4 is 0 Å². The number of fused-ring (bicyclic) bond motifs is 1. The Bertz CT molecular complexity index is 948. The number of benzene rings is 1. The van der Waals surface area contributed by atoms with Gasteiger partial charge >= 0.3 is 0 Å². The van der Waals surface area contributed by atoms with E-state index in [4.69, 9.17) is 4.74 Å². The number of aryl methyl sites for hydroxylation is 1. The van der Waals surface area contributed by atoms with Crippen LogP contribution in [0.1, 0.15) is 60.7 Å². The lowest BCUT2D eigenvalue weighted by atomic mass is 9.90. The van der Waals surface area contributed by atoms with Crippen molar-refractivity contribution in [2.45, 2.75) is 58.6 Å². The van der Waals surface area contributed by atoms with E-state index >= 15 is 0 Å². The Morgan fingerprint density at radius 1 is 1.22 bits per heavy atom. The SMILES string of the molecule is Cc1ccccc1C1c2ccsc2CCN1C(=O)CN(CC1CCCO1)C(=O)CC(C)C. The maximum atomic E-state index is 13.7. The van der Waals surface area contributed by atoms with Gasteiger partial charge in [0.15, 0.2) is 0 Å². The van der Waals surface area contributed by atoms with E-state index in [2.05, 4.69) is 30.5 Å². The number of carbonyl (C=O) groups excluding carboxylic acids is 2. The molecule has 0 saturated carbocycles. The Morgan fingerprint density at radius 3 is 2.75 bits per heavy atom. The van der Waals surface area contributed by atoms with Crippen molar-refractivity contribution in [3.63, 3.8) is 0 Å². The lowest BCUT2D eigenvalue weighted by Gasteiger charge is -2.38. The van der Waals surface area contributed by atoms with Crippen LogP contribution in [0.15, 0.2) is 35.7 Å². The van der Waals surface area contributed by atoms with Gasteiger partial charge < -0.3 is 14.5 Å². The molecule has 2 unspecified atom stereocenters. The number of hydrogen-bond donors (Lipinski definition) is 0. The summed E-state index contributed by atoms with van der Waals surface area (Å²) in [6, 6.07) is 10.4. The number of thiophene rings is 1. The summed E-state index contributed by atoms with van der Waals surface area (Å²) in [5.74, 6) is 0.322. The molecule has 0 aliphatic carbocycles. The molecule has 0 radical (unpaired) electrons. The first kappa shape index (κ1) is 23.0. The second-order valence-corrected chi connectivity index (χ2v) is 10.4. The van der Waals surface area contributed by atoms with E-state index < -0.39 is 0 Å². The zero-order chi connectivity index (χ0) is 22.7. The summed E-state index contributed by atoms with van der Waals surface area (Å²) in [6.07, 6.45) is 3.33. The molecule has 1 aromatic heterocycles. The second-order valence-electron chi connectivity index (χ2n) is 9.40. The molecule has 6 heteroatoms. The van der Waals surface area contributed by atoms with Crippen molar-refractivity contribution < 1.29 is 14.3 Å². The van der Waals surface area contributed by atoms with Gasteiger partial charge in [-0.25, -0.2) is 0 Å². The molecule has 1 fully saturated rings. The maximum Gasteiger partial charge on any atom is 0.242 e. The highest BCUT2D eigenvalue weighted by Gasteiger charge is 2.35. The molecular weight excluding hydrogens is 420 g/mol. The van der Waals surface area contributed by atoms with Gasteiger partial charge in [0.1, 0.15) is 0 Å². The number of amides is 2. The van der Waals surface area contributed by atoms with Crippen molar-refractivity contribution >= 4 is 23.2 Å². The molecule has 5 nitrogen and oxygen atoms in total. The molecule has 1 aromatic carbocycles. The lowest BCUT2D eigenvalue weighted by Crippen LogP contribution is -2.48. The minimum Gasteiger partial charge on any atom is -0.376 e. The maximum absolute atomic E-state index is 13.7. The summed E-state index contributed by atoms with van der Waals surface area (Å²) in [4.78, 5) is 31.8. The fourth-order valence-corrected chi connectivity index (χ4v) is 5.74. The summed E-state index contributed by atoms with van der Waals surface area (Å²) in [6.45, 7) is 8.23. The zero-order valence-electron chi connectivity index (χ0n) is 19.4. The topological polar surface area (TPSA) is 49.9 Å². The van der Waals surface area contributed by atoms with Crippen molar-refractivity contribution in [3.8, 4) is 0 Å². The molecular formula is C26H34N2O3S. The Balaban J connectivity index is 1.58. The van der Waals surface area contributed by atoms with E-state index in [9.17, 15) is 9.59 Å². The first-order valence-corrected chi connectivity index (χ1v) is 12.6. The predicted molar refractivity (Wildman–Crippen MR) is 128 cm³/mol. The van der Waals surface area contributed by atoms with Crippen LogP contribution in [0.2, 0.25) is 0 Å². The highest BCUT2D eigenvalue weighted by molar-refractivity contribution is 7.10. The van der Waals surface area contributed by atoms with Gasteiger partial charge in [-0.2, -0.15) is 0 Å². The standard InChI is InChI=1S/C26H34N2O3S/c1-18(2)15-24(29)27(16-20-8-6-13-31-20)17-25(30)28-12-10-23-22(11-14-32-23)26(28)21-9-5-4-7-19(21)3/h4-5,7,9,11,14,18,20,26H,6,8,10,12-13,15-17H2,1-3H3. The highest BCUT2D eigenvalue weighted by atomic mass is 32.1. The van der Waals surface area contributed by atoms with Crippen molar-refractivity contribution in [1.29, 1.82) is 0 Å². The fraction of sp³-hybridized carbons (Fsp3) is 0.538. The van der Waals surface area contributed by atoms with Gasteiger partial charge in [-0.3, -0.25) is 9.59 Å². The first-order valence-electron chi connectivity index (χ1n) is 11.7. The molecule has 32 heavy (non-hydrogen) atoms. The number of hydrogen-bond acceptors (Lipinski definition) is 4. The van der Waals surface area contributed by atoms with E-state index in [0.29, 0.717) is 19.5 Å². The van der Waals surface area contributed by atoms with E-state index in [1.165, 1.54) is 21.6 Å². The molecule has 2 aromatic rings. The van der Waals surface area contributed by atoms with Crippen molar-refractivity contribution in [3.05, 3.63) is 57.3 Å². The molecule has 0 spiro atoms. The van der Waals surface area contributed by atoms with Crippen LogP contribution in [0.25, 0.3) is 0 Å². The summed E-state index contributed by atoms with van der Waals surface area (Å²) < 4.78 is 5.79. The lowest BCUT2D eigenvalue weighted by molar-refractivity contribution is -0.143. The van der Waals surface area contributed by atoms with Crippen LogP contribution in [-0.2, 0) is 20.7 Å². The van der Waals surface area contributed by atoms with Gasteiger partial charge in [-0.15, -0.1) is 11.3 Å². The molecule has 4 rings (SSSR count). The van der Waals surface area contributed by atoms with Crippen molar-refractivity contribution in [2.24, 2.45) is 5.92 Å². The van der Waals surface area contributed by atoms with Gasteiger partial charge in [0.25, 0.3) is 0 Å². The third-order valence-corrected chi connectivity index (χ3v) is 7.48. The summed E-state index contributed by atoms with van der Waals surface area (Å²) in [5.41, 5.74) is 3.57. The minimum atomic E-state index is -0.0940. The van der Waals surface area contributed by atoms with Gasteiger partial charge in [-0.1, -0.05) is 38.1 Å². The normalized spacial score (nSPS) is 20.4. The minimum absolute atomic E-state index is 0.0187. The molecule has 2 amide bonds. The average Bonchev–Trinajstić information content (AvgIpc) is 3.44. The van der Waals surface area contributed by atoms with Crippen LogP contribution in [0.4, 0.5) is 0 Å². The van der Waals surface area contributed by atoms with Crippen LogP contribution in [0.5, 0.6) is 0 Å². The summed E-state index contributed by atoms with van der Waals surface area (Å²) >= 11 is 1.77. The van der Waals surface area contributed by atoms with Crippen molar-refractivity contribution in [2.75, 3.05) is 26.2 Å². The Labute approximate surface area is 195 Å². The monoisotopic (exact) mass is 454 g/mol. The zero-order valence-corrected chi connectivity index (χ0v) is 20.2. The van der Waals surface area contributed by atoms with E-state index in [1.807, 2.05) is 30.9 Å². The third kappa shape index (κ3) is 5.07. The van der Waals surface area contributed by atoms with Crippen LogP contribution in [-0.4, -0.2) is 54.0 Å². The van der Waals surface area contributed by atoms with Gasteiger partial charge in [0.2, 0.25) is 11.8 Å². The molecule has 0 N–H and O–H groups in total. The molecule has 172 valence electrons. The summed E-state index contributed by atoms with van der Waals surface area (Å²) in [7, 11) is 0. The van der Waals surface area contributed by atoms with Gasteiger partial charge in [0.05, 0.1) is 18.7 Å². The summed E-state index contributed by atoms with van der Waals surface area (Å²) in [5, 5.41) is 2.12. The van der Waals surface area contributed by atoms with E-state index in [1.54, 1.807) is 16.2 Å². The predicted octanol–water partition coefficient (Wildman–Crippen LogP) is 4.58. The van der Waals surface area contributed by atoms with E-state index in [0.717, 1.165) is 25.9 Å². The van der Waals surface area contributed by atoms with Crippen LogP contribution >= 0.6 is 11.3 Å². The largest absolute Gasteiger partial charge is 0.376 e. The fourth-order valence-electron chi connectivity index (χ4n) is 4.84. The number of nitrogens with zero attached hydrogens (tertiary/aromatic N) is 2. The number of rotatable bonds is 7. The number of carbonyl (C=O) groups is 2. The quantitative estimate of drug-likeness (QED) is 0.615. The van der Waals surface area contributed by atoms with Crippen LogP contribution in [0.3, 0.4) is 0 Å². The molecule has 0 bridgehead atoms. The Hall–Kier alpha value is -2.18. The third-order valence-electron chi connectivity index (χ3n) is 6.48. The average molecular weight is 455 g/mol. The first-order chi connectivity index (χ1) is 15.4. The molecule has 2 atom stereocenters.